The first-order valence-corrected chi connectivity index (χ1v) is 7.49. The summed E-state index contributed by atoms with van der Waals surface area (Å²) in [4.78, 5) is 48.6. The first-order chi connectivity index (χ1) is 12.3. The summed E-state index contributed by atoms with van der Waals surface area (Å²) in [7, 11) is 4.64. The van der Waals surface area contributed by atoms with E-state index in [4.69, 9.17) is 14.2 Å². The number of rotatable bonds is 4. The zero-order valence-corrected chi connectivity index (χ0v) is 14.9. The fourth-order valence-electron chi connectivity index (χ4n) is 2.86. The second kappa shape index (κ2) is 7.38. The standard InChI is InChI=1S/C16H18N2O8/c1-7-10(14(20)24-3)8(13(19)23-2)6-9-11(15(21)25-4)12(16(22)26-5)17-18(7)9/h7H,6H2,1-5H3. The van der Waals surface area contributed by atoms with Crippen molar-refractivity contribution in [2.75, 3.05) is 28.4 Å². The molecule has 0 spiro atoms. The van der Waals surface area contributed by atoms with Gasteiger partial charge in [-0.2, -0.15) is 5.10 Å². The molecular weight excluding hydrogens is 348 g/mol. The molecule has 10 heteroatoms. The van der Waals surface area contributed by atoms with Crippen molar-refractivity contribution in [2.45, 2.75) is 19.4 Å². The average molecular weight is 366 g/mol. The van der Waals surface area contributed by atoms with Crippen LogP contribution in [0.2, 0.25) is 0 Å². The van der Waals surface area contributed by atoms with Crippen molar-refractivity contribution in [3.63, 3.8) is 0 Å². The number of ether oxygens (including phenoxy) is 4. The third kappa shape index (κ3) is 2.93. The Balaban J connectivity index is 2.74. The highest BCUT2D eigenvalue weighted by Crippen LogP contribution is 2.34. The molecule has 140 valence electrons. The second-order valence-electron chi connectivity index (χ2n) is 5.33. The Morgan fingerprint density at radius 1 is 0.885 bits per heavy atom. The maximum atomic E-state index is 12.2. The van der Waals surface area contributed by atoms with Gasteiger partial charge in [0, 0.05) is 6.42 Å². The lowest BCUT2D eigenvalue weighted by Crippen LogP contribution is -2.29. The third-order valence-corrected chi connectivity index (χ3v) is 4.07. The van der Waals surface area contributed by atoms with Crippen LogP contribution >= 0.6 is 0 Å². The number of fused-ring (bicyclic) bond motifs is 1. The molecule has 0 amide bonds. The fraction of sp³-hybridized carbons (Fsp3) is 0.438. The van der Waals surface area contributed by atoms with Gasteiger partial charge in [0.1, 0.15) is 5.56 Å². The topological polar surface area (TPSA) is 123 Å². The fourth-order valence-corrected chi connectivity index (χ4v) is 2.86. The predicted molar refractivity (Wildman–Crippen MR) is 84.4 cm³/mol. The molecule has 2 rings (SSSR count). The molecule has 1 aromatic heterocycles. The van der Waals surface area contributed by atoms with Crippen LogP contribution in [0, 0.1) is 0 Å². The van der Waals surface area contributed by atoms with E-state index in [-0.39, 0.29) is 34.5 Å². The second-order valence-corrected chi connectivity index (χ2v) is 5.33. The van der Waals surface area contributed by atoms with Gasteiger partial charge in [-0.3, -0.25) is 4.68 Å². The van der Waals surface area contributed by atoms with E-state index in [0.717, 1.165) is 14.2 Å². The molecule has 0 aliphatic carbocycles. The molecule has 0 fully saturated rings. The van der Waals surface area contributed by atoms with Gasteiger partial charge in [0.05, 0.1) is 51.3 Å². The van der Waals surface area contributed by atoms with E-state index in [2.05, 4.69) is 9.84 Å². The average Bonchev–Trinajstić information content (AvgIpc) is 3.05. The Morgan fingerprint density at radius 2 is 1.42 bits per heavy atom. The molecule has 1 unspecified atom stereocenters. The molecule has 10 nitrogen and oxygen atoms in total. The number of methoxy groups -OCH3 is 4. The van der Waals surface area contributed by atoms with Crippen LogP contribution in [0.5, 0.6) is 0 Å². The lowest BCUT2D eigenvalue weighted by Gasteiger charge is -2.25. The molecule has 1 aliphatic rings. The van der Waals surface area contributed by atoms with Gasteiger partial charge in [-0.25, -0.2) is 19.2 Å². The molecule has 0 saturated carbocycles. The Labute approximate surface area is 148 Å². The molecule has 1 aliphatic heterocycles. The summed E-state index contributed by atoms with van der Waals surface area (Å²) in [6.07, 6.45) is -0.171. The zero-order valence-electron chi connectivity index (χ0n) is 14.9. The molecule has 0 aromatic carbocycles. The highest BCUT2D eigenvalue weighted by atomic mass is 16.5. The summed E-state index contributed by atoms with van der Waals surface area (Å²) >= 11 is 0. The minimum atomic E-state index is -0.848. The van der Waals surface area contributed by atoms with Gasteiger partial charge >= 0.3 is 23.9 Å². The largest absolute Gasteiger partial charge is 0.466 e. The predicted octanol–water partition coefficient (Wildman–Crippen LogP) is 0.216. The van der Waals surface area contributed by atoms with Gasteiger partial charge in [-0.05, 0) is 6.92 Å². The van der Waals surface area contributed by atoms with Gasteiger partial charge < -0.3 is 18.9 Å². The van der Waals surface area contributed by atoms with Crippen LogP contribution in [-0.2, 0) is 35.0 Å². The number of nitrogens with zero attached hydrogens (tertiary/aromatic N) is 2. The van der Waals surface area contributed by atoms with Crippen LogP contribution in [0.3, 0.4) is 0 Å². The van der Waals surface area contributed by atoms with Gasteiger partial charge in [-0.15, -0.1) is 0 Å². The van der Waals surface area contributed by atoms with Crippen LogP contribution in [-0.4, -0.2) is 62.1 Å². The van der Waals surface area contributed by atoms with Crippen molar-refractivity contribution in [1.82, 2.24) is 9.78 Å². The minimum absolute atomic E-state index is 0.0146. The first kappa shape index (κ1) is 19.2. The maximum Gasteiger partial charge on any atom is 0.359 e. The highest BCUT2D eigenvalue weighted by Gasteiger charge is 2.39. The Bertz CT molecular complexity index is 820. The Hall–Kier alpha value is -3.17. The molecule has 0 radical (unpaired) electrons. The van der Waals surface area contributed by atoms with Gasteiger partial charge in [0.15, 0.2) is 5.69 Å². The quantitative estimate of drug-likeness (QED) is 0.543. The summed E-state index contributed by atoms with van der Waals surface area (Å²) in [5.41, 5.74) is -0.117. The number of aromatic nitrogens is 2. The zero-order chi connectivity index (χ0) is 19.6. The maximum absolute atomic E-state index is 12.2. The number of hydrogen-bond acceptors (Lipinski definition) is 9. The van der Waals surface area contributed by atoms with Gasteiger partial charge in [0.2, 0.25) is 0 Å². The van der Waals surface area contributed by atoms with Gasteiger partial charge in [-0.1, -0.05) is 0 Å². The summed E-state index contributed by atoms with van der Waals surface area (Å²) in [6, 6.07) is -0.790. The van der Waals surface area contributed by atoms with E-state index in [9.17, 15) is 19.2 Å². The van der Waals surface area contributed by atoms with Crippen molar-refractivity contribution in [3.8, 4) is 0 Å². The molecule has 26 heavy (non-hydrogen) atoms. The number of hydrogen-bond donors (Lipinski definition) is 0. The number of carbonyl (C=O) groups is 4. The Kier molecular flexibility index (Phi) is 5.44. The van der Waals surface area contributed by atoms with E-state index in [1.807, 2.05) is 0 Å². The molecule has 2 heterocycles. The number of carbonyl (C=O) groups excluding carboxylic acids is 4. The highest BCUT2D eigenvalue weighted by molar-refractivity contribution is 6.05. The van der Waals surface area contributed by atoms with E-state index < -0.39 is 29.9 Å². The Morgan fingerprint density at radius 3 is 1.92 bits per heavy atom. The molecule has 0 bridgehead atoms. The van der Waals surface area contributed by atoms with Crippen molar-refractivity contribution >= 4 is 23.9 Å². The van der Waals surface area contributed by atoms with Crippen molar-refractivity contribution in [3.05, 3.63) is 28.1 Å². The van der Waals surface area contributed by atoms with Crippen LogP contribution < -0.4 is 0 Å². The SMILES string of the molecule is COC(=O)C1=C(C(=O)OC)C(C)n2nc(C(=O)OC)c(C(=O)OC)c2C1. The monoisotopic (exact) mass is 366 g/mol. The molecule has 1 aromatic rings. The summed E-state index contributed by atoms with van der Waals surface area (Å²) in [5.74, 6) is -3.15. The lowest BCUT2D eigenvalue weighted by atomic mass is 9.92. The van der Waals surface area contributed by atoms with E-state index >= 15 is 0 Å². The van der Waals surface area contributed by atoms with Gasteiger partial charge in [0.25, 0.3) is 0 Å². The first-order valence-electron chi connectivity index (χ1n) is 7.49. The molecular formula is C16H18N2O8. The lowest BCUT2D eigenvalue weighted by molar-refractivity contribution is -0.140. The van der Waals surface area contributed by atoms with E-state index in [0.29, 0.717) is 0 Å². The molecule has 0 N–H and O–H groups in total. The van der Waals surface area contributed by atoms with E-state index in [1.165, 1.54) is 18.9 Å². The van der Waals surface area contributed by atoms with Crippen LogP contribution in [0.1, 0.15) is 39.5 Å². The van der Waals surface area contributed by atoms with Crippen molar-refractivity contribution in [2.24, 2.45) is 0 Å². The molecule has 0 saturated heterocycles. The van der Waals surface area contributed by atoms with Crippen LogP contribution in [0.15, 0.2) is 11.1 Å². The van der Waals surface area contributed by atoms with Crippen LogP contribution in [0.25, 0.3) is 0 Å². The summed E-state index contributed by atoms with van der Waals surface area (Å²) < 4.78 is 20.2. The smallest absolute Gasteiger partial charge is 0.359 e. The van der Waals surface area contributed by atoms with Crippen molar-refractivity contribution in [1.29, 1.82) is 0 Å². The van der Waals surface area contributed by atoms with E-state index in [1.54, 1.807) is 6.92 Å². The normalized spacial score (nSPS) is 15.8. The summed E-state index contributed by atoms with van der Waals surface area (Å²) in [5, 5.41) is 4.11. The van der Waals surface area contributed by atoms with Crippen molar-refractivity contribution < 1.29 is 38.1 Å². The summed E-state index contributed by atoms with van der Waals surface area (Å²) in [6.45, 7) is 1.58. The molecule has 1 atom stereocenters. The third-order valence-electron chi connectivity index (χ3n) is 4.07. The number of esters is 4. The minimum Gasteiger partial charge on any atom is -0.466 e. The van der Waals surface area contributed by atoms with Crippen LogP contribution in [0.4, 0.5) is 0 Å².